The van der Waals surface area contributed by atoms with Crippen LogP contribution in [0, 0.1) is 0 Å². The van der Waals surface area contributed by atoms with Crippen molar-refractivity contribution in [2.24, 2.45) is 4.99 Å². The van der Waals surface area contributed by atoms with Gasteiger partial charge in [-0.15, -0.1) is 5.73 Å². The van der Waals surface area contributed by atoms with E-state index in [4.69, 9.17) is 0 Å². The van der Waals surface area contributed by atoms with E-state index >= 15 is 0 Å². The Bertz CT molecular complexity index is 200. The molecule has 4 radical (unpaired) electrons. The number of unbranched alkanes of at least 4 members (excludes halogenated alkanes) is 3. The maximum atomic E-state index is 4.03. The molecule has 118 valence electrons. The fourth-order valence-corrected chi connectivity index (χ4v) is 0.460. The Morgan fingerprint density at radius 3 is 1.25 bits per heavy atom. The molecule has 1 aliphatic rings. The number of hydrogen-bond donors (Lipinski definition) is 0. The number of hydrogen-bond acceptors (Lipinski definition) is 1. The summed E-state index contributed by atoms with van der Waals surface area (Å²) in [4.78, 5) is 4.03. The number of rotatable bonds is 3. The molecule has 1 heterocycles. The van der Waals surface area contributed by atoms with Crippen LogP contribution in [0.3, 0.4) is 0 Å². The Hall–Kier alpha value is -0.0113. The van der Waals surface area contributed by atoms with Crippen LogP contribution in [0.1, 0.15) is 87.0 Å². The van der Waals surface area contributed by atoms with Gasteiger partial charge in [-0.1, -0.05) is 80.1 Å². The average molecular weight is 386 g/mol. The summed E-state index contributed by atoms with van der Waals surface area (Å²) in [5.74, 6) is 0. The largest absolute Gasteiger partial charge is 0.285 e. The molecule has 1 aliphatic heterocycles. The van der Waals surface area contributed by atoms with Crippen LogP contribution in [0.25, 0.3) is 0 Å². The zero-order valence-corrected chi connectivity index (χ0v) is 17.9. The van der Waals surface area contributed by atoms with E-state index in [-0.39, 0.29) is 23.9 Å². The Morgan fingerprint density at radius 1 is 0.800 bits per heavy atom. The first-order valence-corrected chi connectivity index (χ1v) is 8.08. The van der Waals surface area contributed by atoms with Crippen molar-refractivity contribution >= 4 is 30.1 Å². The van der Waals surface area contributed by atoms with Crippen LogP contribution in [0.2, 0.25) is 0 Å². The van der Waals surface area contributed by atoms with Gasteiger partial charge in [0.25, 0.3) is 0 Å². The summed E-state index contributed by atoms with van der Waals surface area (Å²) in [6.07, 6.45) is 13.4. The maximum Gasteiger partial charge on any atom is 0.0725 e. The van der Waals surface area contributed by atoms with E-state index in [1.807, 2.05) is 13.0 Å². The van der Waals surface area contributed by atoms with Gasteiger partial charge in [0.2, 0.25) is 0 Å². The molecule has 0 saturated heterocycles. The molecule has 2 heteroatoms. The molecule has 0 bridgehead atoms. The minimum atomic E-state index is 0. The second-order valence-electron chi connectivity index (χ2n) is 4.54. The van der Waals surface area contributed by atoms with Crippen molar-refractivity contribution in [2.45, 2.75) is 93.0 Å². The molecule has 1 unspecified atom stereocenters. The number of aliphatic imine (C=N–C) groups is 1. The summed E-state index contributed by atoms with van der Waals surface area (Å²) in [5, 5.41) is 0. The molecule has 0 aromatic heterocycles. The second kappa shape index (κ2) is 31.4. The maximum absolute atomic E-state index is 4.03. The number of nitrogens with zero attached hydrogens (tertiary/aromatic N) is 1. The van der Waals surface area contributed by atoms with E-state index in [1.54, 1.807) is 12.3 Å². The molecule has 0 saturated carbocycles. The molecule has 20 heavy (non-hydrogen) atoms. The van der Waals surface area contributed by atoms with Crippen molar-refractivity contribution in [3.63, 3.8) is 0 Å². The fraction of sp³-hybridized carbons (Fsp3) is 0.778. The predicted octanol–water partition coefficient (Wildman–Crippen LogP) is 6.21. The quantitative estimate of drug-likeness (QED) is 0.404. The molecule has 0 spiro atoms. The molecule has 0 amide bonds. The van der Waals surface area contributed by atoms with E-state index in [0.29, 0.717) is 6.04 Å². The standard InChI is InChI=1S/C6H7N.3C4H10.Sn/c1-6-4-2-3-5-7-6;3*1-3-4-2;/h3-6H,1H3;3*3-4H2,1-2H3;. The Kier molecular flexibility index (Phi) is 44.3. The topological polar surface area (TPSA) is 12.4 Å². The first-order chi connectivity index (χ1) is 9.14. The van der Waals surface area contributed by atoms with Crippen molar-refractivity contribution in [3.05, 3.63) is 17.9 Å². The molecule has 0 N–H and O–H groups in total. The summed E-state index contributed by atoms with van der Waals surface area (Å²) in [7, 11) is 0. The van der Waals surface area contributed by atoms with E-state index in [2.05, 4.69) is 52.3 Å². The Balaban J connectivity index is -0.0000000881. The smallest absolute Gasteiger partial charge is 0.0725 e. The van der Waals surface area contributed by atoms with Gasteiger partial charge in [0, 0.05) is 30.1 Å². The third kappa shape index (κ3) is 43.0. The minimum Gasteiger partial charge on any atom is -0.285 e. The van der Waals surface area contributed by atoms with Crippen LogP contribution >= 0.6 is 0 Å². The van der Waals surface area contributed by atoms with Gasteiger partial charge in [-0.2, -0.15) is 0 Å². The van der Waals surface area contributed by atoms with Gasteiger partial charge in [0.15, 0.2) is 0 Å². The third-order valence-electron chi connectivity index (χ3n) is 2.33. The van der Waals surface area contributed by atoms with E-state index in [0.717, 1.165) is 0 Å². The van der Waals surface area contributed by atoms with Crippen molar-refractivity contribution in [2.75, 3.05) is 0 Å². The SMILES string of the molecule is CC1C=C=CC=N1.CCCC.CCCC.CCCC.[Sn]. The van der Waals surface area contributed by atoms with E-state index in [1.165, 1.54) is 38.5 Å². The monoisotopic (exact) mass is 387 g/mol. The molecular weight excluding hydrogens is 349 g/mol. The van der Waals surface area contributed by atoms with E-state index < -0.39 is 0 Å². The molecule has 0 fully saturated rings. The molecule has 1 rings (SSSR count). The van der Waals surface area contributed by atoms with Gasteiger partial charge < -0.3 is 0 Å². The van der Waals surface area contributed by atoms with Gasteiger partial charge in [-0.25, -0.2) is 0 Å². The van der Waals surface area contributed by atoms with Crippen LogP contribution in [0.4, 0.5) is 0 Å². The van der Waals surface area contributed by atoms with Crippen LogP contribution < -0.4 is 0 Å². The first kappa shape index (κ1) is 28.2. The summed E-state index contributed by atoms with van der Waals surface area (Å²) in [6.45, 7) is 15.1. The van der Waals surface area contributed by atoms with Crippen LogP contribution in [0.5, 0.6) is 0 Å². The van der Waals surface area contributed by atoms with Crippen LogP contribution in [-0.2, 0) is 0 Å². The molecule has 0 aromatic carbocycles. The summed E-state index contributed by atoms with van der Waals surface area (Å²) in [6, 6.07) is 0.338. The Morgan fingerprint density at radius 2 is 1.15 bits per heavy atom. The first-order valence-electron chi connectivity index (χ1n) is 8.08. The van der Waals surface area contributed by atoms with Gasteiger partial charge in [0.1, 0.15) is 0 Å². The molecular formula is C18H37NSn. The van der Waals surface area contributed by atoms with Crippen molar-refractivity contribution < 1.29 is 0 Å². The molecule has 1 atom stereocenters. The van der Waals surface area contributed by atoms with Crippen LogP contribution in [-0.4, -0.2) is 36.2 Å². The zero-order valence-electron chi connectivity index (χ0n) is 15.0. The van der Waals surface area contributed by atoms with Crippen molar-refractivity contribution in [1.82, 2.24) is 0 Å². The second-order valence-corrected chi connectivity index (χ2v) is 4.54. The fourth-order valence-electron chi connectivity index (χ4n) is 0.460. The average Bonchev–Trinajstić information content (AvgIpc) is 2.48. The molecule has 0 aliphatic carbocycles. The third-order valence-corrected chi connectivity index (χ3v) is 2.33. The van der Waals surface area contributed by atoms with E-state index in [9.17, 15) is 0 Å². The van der Waals surface area contributed by atoms with Gasteiger partial charge in [-0.3, -0.25) is 4.99 Å². The van der Waals surface area contributed by atoms with Crippen molar-refractivity contribution in [3.8, 4) is 0 Å². The summed E-state index contributed by atoms with van der Waals surface area (Å²) in [5.41, 5.74) is 2.94. The Labute approximate surface area is 146 Å². The summed E-state index contributed by atoms with van der Waals surface area (Å²) < 4.78 is 0. The van der Waals surface area contributed by atoms with Gasteiger partial charge in [0.05, 0.1) is 6.04 Å². The normalized spacial score (nSPS) is 13.7. The zero-order chi connectivity index (χ0) is 15.4. The van der Waals surface area contributed by atoms with Gasteiger partial charge in [-0.05, 0) is 19.1 Å². The predicted molar refractivity (Wildman–Crippen MR) is 98.1 cm³/mol. The van der Waals surface area contributed by atoms with Crippen LogP contribution in [0.15, 0.2) is 22.9 Å². The van der Waals surface area contributed by atoms with Crippen molar-refractivity contribution in [1.29, 1.82) is 0 Å². The summed E-state index contributed by atoms with van der Waals surface area (Å²) >= 11 is 0. The molecule has 0 aromatic rings. The van der Waals surface area contributed by atoms with Gasteiger partial charge >= 0.3 is 0 Å². The minimum absolute atomic E-state index is 0. The molecule has 1 nitrogen and oxygen atoms in total.